The topological polar surface area (TPSA) is 66.5 Å². The van der Waals surface area contributed by atoms with E-state index < -0.39 is 5.41 Å². The van der Waals surface area contributed by atoms with Crippen LogP contribution < -0.4 is 5.32 Å². The van der Waals surface area contributed by atoms with Crippen LogP contribution in [0, 0.1) is 11.3 Å². The first-order chi connectivity index (χ1) is 10.1. The number of nitrogens with zero attached hydrogens (tertiary/aromatic N) is 1. The molecule has 0 aromatic carbocycles. The SMILES string of the molecule is CC(C)CCNC(=O)CN1C(=O)CS/C1=C\C(=O)C(C)(C)C. The van der Waals surface area contributed by atoms with Crippen LogP contribution in [0.1, 0.15) is 41.0 Å². The van der Waals surface area contributed by atoms with Gasteiger partial charge in [-0.05, 0) is 12.3 Å². The van der Waals surface area contributed by atoms with Gasteiger partial charge in [0.15, 0.2) is 5.78 Å². The van der Waals surface area contributed by atoms with E-state index in [0.29, 0.717) is 17.5 Å². The number of rotatable bonds is 6. The van der Waals surface area contributed by atoms with Crippen LogP contribution in [0.25, 0.3) is 0 Å². The van der Waals surface area contributed by atoms with Crippen molar-refractivity contribution < 1.29 is 14.4 Å². The Hall–Kier alpha value is -1.30. The van der Waals surface area contributed by atoms with Crippen molar-refractivity contribution in [2.24, 2.45) is 11.3 Å². The minimum atomic E-state index is -0.496. The quantitative estimate of drug-likeness (QED) is 0.760. The van der Waals surface area contributed by atoms with Gasteiger partial charge in [0, 0.05) is 18.0 Å². The number of hydrogen-bond acceptors (Lipinski definition) is 4. The maximum Gasteiger partial charge on any atom is 0.240 e. The van der Waals surface area contributed by atoms with Gasteiger partial charge in [-0.15, -0.1) is 0 Å². The van der Waals surface area contributed by atoms with Gasteiger partial charge in [-0.3, -0.25) is 19.3 Å². The van der Waals surface area contributed by atoms with Crippen LogP contribution >= 0.6 is 11.8 Å². The Kier molecular flexibility index (Phi) is 6.66. The molecule has 1 aliphatic heterocycles. The highest BCUT2D eigenvalue weighted by atomic mass is 32.2. The molecule has 1 saturated heterocycles. The molecule has 0 radical (unpaired) electrons. The third-order valence-electron chi connectivity index (χ3n) is 3.25. The summed E-state index contributed by atoms with van der Waals surface area (Å²) in [7, 11) is 0. The number of hydrogen-bond donors (Lipinski definition) is 1. The molecular weight excluding hydrogens is 300 g/mol. The molecule has 1 fully saturated rings. The summed E-state index contributed by atoms with van der Waals surface area (Å²) >= 11 is 1.31. The summed E-state index contributed by atoms with van der Waals surface area (Å²) in [4.78, 5) is 37.3. The summed E-state index contributed by atoms with van der Waals surface area (Å²) in [5, 5.41) is 3.38. The van der Waals surface area contributed by atoms with Crippen molar-refractivity contribution in [3.63, 3.8) is 0 Å². The molecule has 0 aliphatic carbocycles. The largest absolute Gasteiger partial charge is 0.355 e. The second-order valence-electron chi connectivity index (χ2n) is 6.90. The third-order valence-corrected chi connectivity index (χ3v) is 4.28. The summed E-state index contributed by atoms with van der Waals surface area (Å²) in [6.07, 6.45) is 2.39. The minimum absolute atomic E-state index is 0.0207. The van der Waals surface area contributed by atoms with Crippen LogP contribution in [-0.2, 0) is 14.4 Å². The molecule has 1 aliphatic rings. The summed E-state index contributed by atoms with van der Waals surface area (Å²) in [5.41, 5.74) is -0.496. The van der Waals surface area contributed by atoms with Gasteiger partial charge in [0.25, 0.3) is 0 Å². The number of allylic oxidation sites excluding steroid dienone is 1. The van der Waals surface area contributed by atoms with Crippen molar-refractivity contribution in [1.82, 2.24) is 10.2 Å². The van der Waals surface area contributed by atoms with E-state index in [1.807, 2.05) is 20.8 Å². The number of carbonyl (C=O) groups excluding carboxylic acids is 3. The fourth-order valence-electron chi connectivity index (χ4n) is 1.73. The molecule has 0 bridgehead atoms. The van der Waals surface area contributed by atoms with Gasteiger partial charge in [-0.25, -0.2) is 0 Å². The lowest BCUT2D eigenvalue weighted by molar-refractivity contribution is -0.131. The van der Waals surface area contributed by atoms with E-state index in [2.05, 4.69) is 19.2 Å². The highest BCUT2D eigenvalue weighted by Gasteiger charge is 2.30. The Balaban J connectivity index is 2.66. The van der Waals surface area contributed by atoms with E-state index in [0.717, 1.165) is 6.42 Å². The number of nitrogens with one attached hydrogen (secondary N) is 1. The molecule has 5 nitrogen and oxygen atoms in total. The highest BCUT2D eigenvalue weighted by Crippen LogP contribution is 2.30. The molecule has 0 atom stereocenters. The van der Waals surface area contributed by atoms with Gasteiger partial charge < -0.3 is 5.32 Å². The molecule has 0 aromatic heterocycles. The standard InChI is InChI=1S/C16H26N2O3S/c1-11(2)6-7-17-13(20)9-18-14(21)10-22-15(18)8-12(19)16(3,4)5/h8,11H,6-7,9-10H2,1-5H3,(H,17,20)/b15-8-. The molecular formula is C16H26N2O3S. The highest BCUT2D eigenvalue weighted by molar-refractivity contribution is 8.04. The van der Waals surface area contributed by atoms with E-state index in [1.165, 1.54) is 22.7 Å². The zero-order valence-electron chi connectivity index (χ0n) is 14.1. The lowest BCUT2D eigenvalue weighted by Crippen LogP contribution is -2.38. The van der Waals surface area contributed by atoms with E-state index in [1.54, 1.807) is 0 Å². The van der Waals surface area contributed by atoms with Crippen molar-refractivity contribution in [1.29, 1.82) is 0 Å². The predicted octanol–water partition coefficient (Wildman–Crippen LogP) is 2.18. The van der Waals surface area contributed by atoms with E-state index in [-0.39, 0.29) is 29.9 Å². The summed E-state index contributed by atoms with van der Waals surface area (Å²) in [6.45, 7) is 10.3. The average Bonchev–Trinajstić information content (AvgIpc) is 2.70. The van der Waals surface area contributed by atoms with Crippen LogP contribution in [0.2, 0.25) is 0 Å². The summed E-state index contributed by atoms with van der Waals surface area (Å²) < 4.78 is 0. The molecule has 22 heavy (non-hydrogen) atoms. The third kappa shape index (κ3) is 5.83. The number of amides is 2. The lowest BCUT2D eigenvalue weighted by atomic mass is 9.91. The second kappa shape index (κ2) is 7.81. The number of thioether (sulfide) groups is 1. The molecule has 0 aromatic rings. The van der Waals surface area contributed by atoms with E-state index in [9.17, 15) is 14.4 Å². The molecule has 2 amide bonds. The van der Waals surface area contributed by atoms with Gasteiger partial charge in [0.1, 0.15) is 6.54 Å². The van der Waals surface area contributed by atoms with Crippen LogP contribution in [-0.4, -0.2) is 41.3 Å². The first-order valence-corrected chi connectivity index (χ1v) is 8.56. The Labute approximate surface area is 136 Å². The zero-order chi connectivity index (χ0) is 16.9. The van der Waals surface area contributed by atoms with Crippen molar-refractivity contribution in [2.75, 3.05) is 18.8 Å². The van der Waals surface area contributed by atoms with Crippen LogP contribution in [0.4, 0.5) is 0 Å². The Bertz CT molecular complexity index is 478. The monoisotopic (exact) mass is 326 g/mol. The maximum absolute atomic E-state index is 12.1. The van der Waals surface area contributed by atoms with Crippen molar-refractivity contribution >= 4 is 29.4 Å². The second-order valence-corrected chi connectivity index (χ2v) is 7.89. The number of ketones is 1. The van der Waals surface area contributed by atoms with Gasteiger partial charge >= 0.3 is 0 Å². The summed E-state index contributed by atoms with van der Waals surface area (Å²) in [6, 6.07) is 0. The molecule has 1 rings (SSSR count). The van der Waals surface area contributed by atoms with Gasteiger partial charge in [0.05, 0.1) is 10.8 Å². The normalized spacial score (nSPS) is 17.5. The number of carbonyl (C=O) groups is 3. The summed E-state index contributed by atoms with van der Waals surface area (Å²) in [5.74, 6) is 0.435. The molecule has 0 unspecified atom stereocenters. The minimum Gasteiger partial charge on any atom is -0.355 e. The van der Waals surface area contributed by atoms with Gasteiger partial charge in [-0.2, -0.15) is 0 Å². The van der Waals surface area contributed by atoms with Crippen LogP contribution in [0.15, 0.2) is 11.1 Å². The lowest BCUT2D eigenvalue weighted by Gasteiger charge is -2.19. The molecule has 1 N–H and O–H groups in total. The van der Waals surface area contributed by atoms with Crippen molar-refractivity contribution in [3.8, 4) is 0 Å². The Morgan fingerprint density at radius 3 is 2.55 bits per heavy atom. The maximum atomic E-state index is 12.1. The average molecular weight is 326 g/mol. The van der Waals surface area contributed by atoms with Crippen molar-refractivity contribution in [2.45, 2.75) is 41.0 Å². The van der Waals surface area contributed by atoms with Crippen LogP contribution in [0.5, 0.6) is 0 Å². The molecule has 1 heterocycles. The van der Waals surface area contributed by atoms with E-state index in [4.69, 9.17) is 0 Å². The van der Waals surface area contributed by atoms with Crippen LogP contribution in [0.3, 0.4) is 0 Å². The molecule has 0 spiro atoms. The first-order valence-electron chi connectivity index (χ1n) is 7.57. The Morgan fingerprint density at radius 1 is 1.36 bits per heavy atom. The molecule has 0 saturated carbocycles. The Morgan fingerprint density at radius 2 is 2.00 bits per heavy atom. The van der Waals surface area contributed by atoms with Gasteiger partial charge in [0.2, 0.25) is 11.8 Å². The first kappa shape index (κ1) is 18.7. The fourth-order valence-corrected chi connectivity index (χ4v) is 2.67. The fraction of sp³-hybridized carbons (Fsp3) is 0.688. The van der Waals surface area contributed by atoms with Gasteiger partial charge in [-0.1, -0.05) is 46.4 Å². The predicted molar refractivity (Wildman–Crippen MR) is 89.2 cm³/mol. The molecule has 124 valence electrons. The van der Waals surface area contributed by atoms with Crippen molar-refractivity contribution in [3.05, 3.63) is 11.1 Å². The zero-order valence-corrected chi connectivity index (χ0v) is 14.9. The smallest absolute Gasteiger partial charge is 0.240 e. The molecule has 6 heteroatoms. The van der Waals surface area contributed by atoms with E-state index >= 15 is 0 Å².